The van der Waals surface area contributed by atoms with E-state index in [1.54, 1.807) is 0 Å². The lowest BCUT2D eigenvalue weighted by molar-refractivity contribution is 0.174. The Hall–Kier alpha value is -12.2. The zero-order valence-corrected chi connectivity index (χ0v) is 64.0. The third-order valence-electron chi connectivity index (χ3n) is 19.1. The van der Waals surface area contributed by atoms with E-state index in [9.17, 15) is 0 Å². The van der Waals surface area contributed by atoms with Crippen LogP contribution in [0.25, 0.3) is 126 Å². The summed E-state index contributed by atoms with van der Waals surface area (Å²) in [7, 11) is 0. The summed E-state index contributed by atoms with van der Waals surface area (Å²) in [4.78, 5) is 0. The molecule has 21 aromatic rings. The molecule has 9 heteroatoms. The third kappa shape index (κ3) is 15.8. The van der Waals surface area contributed by atoms with Gasteiger partial charge in [-0.25, -0.2) is 0 Å². The fraction of sp³-hybridized carbons (Fsp3) is 0.0909. The molecule has 1 aliphatic rings. The van der Waals surface area contributed by atoms with Gasteiger partial charge in [-0.3, -0.25) is 0 Å². The first kappa shape index (κ1) is 71.4. The van der Waals surface area contributed by atoms with Crippen LogP contribution in [-0.2, 0) is 0 Å². The Bertz CT molecular complexity index is 6330. The molecule has 0 saturated heterocycles. The van der Waals surface area contributed by atoms with Crippen molar-refractivity contribution in [2.24, 2.45) is 0 Å². The summed E-state index contributed by atoms with van der Waals surface area (Å²) in [5.41, 5.74) is 16.0. The fourth-order valence-electron chi connectivity index (χ4n) is 13.6. The molecule has 0 radical (unpaired) electrons. The van der Waals surface area contributed by atoms with Crippen LogP contribution in [0.5, 0.6) is 23.0 Å². The van der Waals surface area contributed by atoms with Gasteiger partial charge in [-0.15, -0.1) is 34.0 Å². The highest BCUT2D eigenvalue weighted by Crippen LogP contribution is 2.40. The standard InChI is InChI=1S/3C13H10O.C13H12O.3C13H10S.C8H8O2/c1-9-5-4-7-11-10-6-2-3-8-12(10)14-13(9)11;1-9-5-4-8-12-13(9)10-6-2-3-7-11(10)14-12;1-9-6-7-13-11(8-9)10-4-2-3-5-12(10)14-13;1-11-7-5-6-10-13(11)14-12-8-3-2-4-9-12;1-9-5-4-7-11-10-6-2-3-8-12(10)14-13(9)11;1-9-5-4-8-12-13(9)10-6-2-3-7-11(10)14-12;1-9-6-7-13-11(8-9)10-4-2-3-5-12(10)14-13;1-6-2-3-7-8(4-6)10-5-9-7/h3*2-8H,1H3;2-10H,1H3;3*2-8H,1H3;2-4H,5H2,1H3. The van der Waals surface area contributed by atoms with Crippen LogP contribution in [0.1, 0.15) is 44.5 Å². The molecular weight excluding hydrogens is 1380 g/mol. The molecule has 0 N–H and O–H groups in total. The molecule has 15 aromatic carbocycles. The van der Waals surface area contributed by atoms with Gasteiger partial charge in [0.25, 0.3) is 0 Å². The Morgan fingerprint density at radius 2 is 0.685 bits per heavy atom. The summed E-state index contributed by atoms with van der Waals surface area (Å²) in [6.07, 6.45) is 0. The van der Waals surface area contributed by atoms with Gasteiger partial charge in [0.05, 0.1) is 0 Å². The summed E-state index contributed by atoms with van der Waals surface area (Å²) in [5, 5.41) is 15.6. The van der Waals surface area contributed by atoms with E-state index in [1.807, 2.05) is 193 Å². The van der Waals surface area contributed by atoms with Crippen molar-refractivity contribution in [1.29, 1.82) is 0 Å². The first-order valence-electron chi connectivity index (χ1n) is 36.2. The molecule has 7 heterocycles. The normalized spacial score (nSPS) is 11.3. The quantitative estimate of drug-likeness (QED) is 0.172. The van der Waals surface area contributed by atoms with Gasteiger partial charge in [0, 0.05) is 92.8 Å². The number of rotatable bonds is 2. The molecule has 0 saturated carbocycles. The Labute approximate surface area is 640 Å². The maximum Gasteiger partial charge on any atom is 0.231 e. The predicted molar refractivity (Wildman–Crippen MR) is 463 cm³/mol. The van der Waals surface area contributed by atoms with E-state index in [4.69, 9.17) is 27.5 Å². The third-order valence-corrected chi connectivity index (χ3v) is 22.7. The number of aryl methyl sites for hydroxylation is 8. The Balaban J connectivity index is 0.0000000986. The van der Waals surface area contributed by atoms with Crippen LogP contribution in [0.15, 0.2) is 341 Å². The van der Waals surface area contributed by atoms with Gasteiger partial charge in [0.2, 0.25) is 6.79 Å². The van der Waals surface area contributed by atoms with Gasteiger partial charge >= 0.3 is 0 Å². The van der Waals surface area contributed by atoms with Crippen molar-refractivity contribution in [3.8, 4) is 23.0 Å². The lowest BCUT2D eigenvalue weighted by Gasteiger charge is -2.07. The van der Waals surface area contributed by atoms with Crippen molar-refractivity contribution in [1.82, 2.24) is 0 Å². The highest BCUT2D eigenvalue weighted by atomic mass is 32.1. The minimum Gasteiger partial charge on any atom is -0.457 e. The van der Waals surface area contributed by atoms with Crippen LogP contribution in [-0.4, -0.2) is 6.79 Å². The summed E-state index contributed by atoms with van der Waals surface area (Å²) >= 11 is 5.63. The second-order valence-corrected chi connectivity index (χ2v) is 30.1. The molecule has 0 atom stereocenters. The second kappa shape index (κ2) is 32.6. The lowest BCUT2D eigenvalue weighted by atomic mass is 10.1. The van der Waals surface area contributed by atoms with Crippen LogP contribution >= 0.6 is 34.0 Å². The molecule has 6 aromatic heterocycles. The monoisotopic (exact) mass is 1460 g/mol. The predicted octanol–water partition coefficient (Wildman–Crippen LogP) is 30.3. The molecule has 0 aliphatic carbocycles. The molecule has 0 amide bonds. The summed E-state index contributed by atoms with van der Waals surface area (Å²) in [5.74, 6) is 3.51. The number of hydrogen-bond donors (Lipinski definition) is 0. The number of furan rings is 3. The fourth-order valence-corrected chi connectivity index (χ4v) is 17.1. The number of para-hydroxylation sites is 6. The van der Waals surface area contributed by atoms with E-state index in [2.05, 4.69) is 224 Å². The number of hydrogen-bond acceptors (Lipinski definition) is 9. The van der Waals surface area contributed by atoms with Gasteiger partial charge in [-0.05, 0) is 192 Å². The van der Waals surface area contributed by atoms with E-state index in [0.717, 1.165) is 62.1 Å². The lowest BCUT2D eigenvalue weighted by Crippen LogP contribution is -1.92. The van der Waals surface area contributed by atoms with Gasteiger partial charge < -0.3 is 27.5 Å². The Kier molecular flexibility index (Phi) is 21.6. The van der Waals surface area contributed by atoms with Crippen molar-refractivity contribution in [2.45, 2.75) is 55.4 Å². The molecule has 0 unspecified atom stereocenters. The van der Waals surface area contributed by atoms with Gasteiger partial charge in [0.1, 0.15) is 45.0 Å². The molecule has 0 spiro atoms. The molecule has 6 nitrogen and oxygen atoms in total. The average molecular weight is 1460 g/mol. The van der Waals surface area contributed by atoms with Crippen molar-refractivity contribution >= 4 is 160 Å². The van der Waals surface area contributed by atoms with Crippen LogP contribution in [0.3, 0.4) is 0 Å². The molecule has 1 aliphatic heterocycles. The van der Waals surface area contributed by atoms with E-state index in [1.165, 1.54) is 132 Å². The summed E-state index contributed by atoms with van der Waals surface area (Å²) < 4.78 is 41.6. The molecular formula is C99H80O6S3. The first-order chi connectivity index (χ1) is 52.8. The van der Waals surface area contributed by atoms with Gasteiger partial charge in [-0.1, -0.05) is 236 Å². The number of benzene rings is 15. The average Bonchev–Trinajstić information content (AvgIpc) is 1.71. The van der Waals surface area contributed by atoms with Crippen LogP contribution in [0.2, 0.25) is 0 Å². The maximum atomic E-state index is 5.78. The number of thiophene rings is 3. The minimum atomic E-state index is 0.360. The van der Waals surface area contributed by atoms with Gasteiger partial charge in [-0.2, -0.15) is 0 Å². The number of ether oxygens (including phenoxy) is 3. The van der Waals surface area contributed by atoms with Crippen molar-refractivity contribution in [2.75, 3.05) is 6.79 Å². The van der Waals surface area contributed by atoms with Crippen LogP contribution in [0, 0.1) is 55.4 Å². The topological polar surface area (TPSA) is 67.1 Å². The molecule has 530 valence electrons. The first-order valence-corrected chi connectivity index (χ1v) is 38.7. The highest BCUT2D eigenvalue weighted by molar-refractivity contribution is 7.26. The number of fused-ring (bicyclic) bond motifs is 19. The van der Waals surface area contributed by atoms with Crippen molar-refractivity contribution in [3.05, 3.63) is 372 Å². The maximum absolute atomic E-state index is 5.78. The van der Waals surface area contributed by atoms with E-state index < -0.39 is 0 Å². The van der Waals surface area contributed by atoms with E-state index >= 15 is 0 Å². The zero-order chi connectivity index (χ0) is 74.0. The summed E-state index contributed by atoms with van der Waals surface area (Å²) in [6.45, 7) is 17.2. The minimum absolute atomic E-state index is 0.360. The molecule has 0 fully saturated rings. The highest BCUT2D eigenvalue weighted by Gasteiger charge is 2.14. The Morgan fingerprint density at radius 3 is 1.42 bits per heavy atom. The zero-order valence-electron chi connectivity index (χ0n) is 61.6. The smallest absolute Gasteiger partial charge is 0.231 e. The summed E-state index contributed by atoms with van der Waals surface area (Å²) in [6, 6.07) is 112. The van der Waals surface area contributed by atoms with Crippen molar-refractivity contribution in [3.63, 3.8) is 0 Å². The Morgan fingerprint density at radius 1 is 0.250 bits per heavy atom. The van der Waals surface area contributed by atoms with Crippen molar-refractivity contribution < 1.29 is 27.5 Å². The van der Waals surface area contributed by atoms with Crippen LogP contribution < -0.4 is 14.2 Å². The van der Waals surface area contributed by atoms with Crippen LogP contribution in [0.4, 0.5) is 0 Å². The van der Waals surface area contributed by atoms with E-state index in [0.29, 0.717) is 6.79 Å². The second-order valence-electron chi connectivity index (χ2n) is 26.9. The largest absolute Gasteiger partial charge is 0.457 e. The SMILES string of the molecule is Cc1ccc2c(c1)OCO2.Cc1ccc2oc3ccccc3c2c1.Cc1ccc2sc3ccccc3c2c1.Cc1cccc2c1oc1ccccc12.Cc1cccc2c1sc1ccccc12.Cc1cccc2oc3ccccc3c12.Cc1cccc2sc3ccccc3c12.Cc1ccccc1Oc1ccccc1. The van der Waals surface area contributed by atoms with E-state index in [-0.39, 0.29) is 0 Å². The molecule has 108 heavy (non-hydrogen) atoms. The van der Waals surface area contributed by atoms with Gasteiger partial charge in [0.15, 0.2) is 11.5 Å². The molecule has 22 rings (SSSR count). The molecule has 0 bridgehead atoms.